The zero-order valence-corrected chi connectivity index (χ0v) is 12.2. The minimum Gasteiger partial charge on any atom is -0.329 e. The SMILES string of the molecule is CCNC(Cc1ccncc1)Cn1cnc2ccccc21. The second kappa shape index (κ2) is 6.50. The van der Waals surface area contributed by atoms with Crippen molar-refractivity contribution in [2.24, 2.45) is 0 Å². The molecule has 108 valence electrons. The molecule has 0 saturated carbocycles. The summed E-state index contributed by atoms with van der Waals surface area (Å²) >= 11 is 0. The zero-order chi connectivity index (χ0) is 14.5. The van der Waals surface area contributed by atoms with Crippen LogP contribution in [-0.2, 0) is 13.0 Å². The number of pyridine rings is 1. The van der Waals surface area contributed by atoms with Crippen LogP contribution in [0.3, 0.4) is 0 Å². The molecule has 1 atom stereocenters. The van der Waals surface area contributed by atoms with Crippen molar-refractivity contribution in [2.75, 3.05) is 6.54 Å². The largest absolute Gasteiger partial charge is 0.329 e. The Balaban J connectivity index is 1.78. The number of hydrogen-bond donors (Lipinski definition) is 1. The Labute approximate surface area is 124 Å². The van der Waals surface area contributed by atoms with Crippen LogP contribution in [0.2, 0.25) is 0 Å². The lowest BCUT2D eigenvalue weighted by molar-refractivity contribution is 0.461. The smallest absolute Gasteiger partial charge is 0.0958 e. The fraction of sp³-hybridized carbons (Fsp3) is 0.294. The lowest BCUT2D eigenvalue weighted by atomic mass is 10.1. The van der Waals surface area contributed by atoms with Gasteiger partial charge >= 0.3 is 0 Å². The minimum atomic E-state index is 0.384. The second-order valence-corrected chi connectivity index (χ2v) is 5.20. The van der Waals surface area contributed by atoms with E-state index in [4.69, 9.17) is 0 Å². The highest BCUT2D eigenvalue weighted by molar-refractivity contribution is 5.74. The number of fused-ring (bicyclic) bond motifs is 1. The van der Waals surface area contributed by atoms with Gasteiger partial charge in [-0.25, -0.2) is 4.98 Å². The third-order valence-corrected chi connectivity index (χ3v) is 3.67. The molecule has 3 aromatic rings. The summed E-state index contributed by atoms with van der Waals surface area (Å²) in [5.74, 6) is 0. The van der Waals surface area contributed by atoms with Crippen molar-refractivity contribution in [3.8, 4) is 0 Å². The molecule has 0 aliphatic heterocycles. The lowest BCUT2D eigenvalue weighted by Crippen LogP contribution is -2.34. The number of para-hydroxylation sites is 2. The predicted octanol–water partition coefficient (Wildman–Crippen LogP) is 2.65. The maximum Gasteiger partial charge on any atom is 0.0958 e. The standard InChI is InChI=1S/C17H20N4/c1-2-19-15(11-14-7-9-18-10-8-14)12-21-13-20-16-5-3-4-6-17(16)21/h3-10,13,15,19H,2,11-12H2,1H3. The number of benzene rings is 1. The molecule has 1 aromatic carbocycles. The van der Waals surface area contributed by atoms with Crippen LogP contribution >= 0.6 is 0 Å². The van der Waals surface area contributed by atoms with E-state index in [1.54, 1.807) is 0 Å². The van der Waals surface area contributed by atoms with Crippen LogP contribution < -0.4 is 5.32 Å². The van der Waals surface area contributed by atoms with Gasteiger partial charge in [0.25, 0.3) is 0 Å². The minimum absolute atomic E-state index is 0.384. The topological polar surface area (TPSA) is 42.7 Å². The molecule has 0 aliphatic carbocycles. The average molecular weight is 280 g/mol. The van der Waals surface area contributed by atoms with Gasteiger partial charge in [-0.05, 0) is 42.8 Å². The highest BCUT2D eigenvalue weighted by atomic mass is 15.1. The number of nitrogens with zero attached hydrogens (tertiary/aromatic N) is 3. The molecule has 1 unspecified atom stereocenters. The Bertz CT molecular complexity index is 690. The summed E-state index contributed by atoms with van der Waals surface area (Å²) < 4.78 is 2.23. The number of likely N-dealkylation sites (N-methyl/N-ethyl adjacent to an activating group) is 1. The third kappa shape index (κ3) is 3.28. The summed E-state index contributed by atoms with van der Waals surface area (Å²) in [4.78, 5) is 8.54. The molecular weight excluding hydrogens is 260 g/mol. The van der Waals surface area contributed by atoms with Crippen LogP contribution in [0.25, 0.3) is 11.0 Å². The van der Waals surface area contributed by atoms with Gasteiger partial charge in [0.1, 0.15) is 0 Å². The first kappa shape index (κ1) is 13.8. The van der Waals surface area contributed by atoms with E-state index in [2.05, 4.69) is 57.1 Å². The molecule has 0 spiro atoms. The molecule has 0 fully saturated rings. The van der Waals surface area contributed by atoms with E-state index >= 15 is 0 Å². The van der Waals surface area contributed by atoms with Crippen molar-refractivity contribution < 1.29 is 0 Å². The van der Waals surface area contributed by atoms with E-state index in [0.717, 1.165) is 25.0 Å². The second-order valence-electron chi connectivity index (χ2n) is 5.20. The molecule has 4 heteroatoms. The lowest BCUT2D eigenvalue weighted by Gasteiger charge is -2.19. The summed E-state index contributed by atoms with van der Waals surface area (Å²) in [6, 6.07) is 12.8. The van der Waals surface area contributed by atoms with E-state index in [0.29, 0.717) is 6.04 Å². The first-order chi connectivity index (χ1) is 10.4. The molecule has 1 N–H and O–H groups in total. The molecule has 0 saturated heterocycles. The summed E-state index contributed by atoms with van der Waals surface area (Å²) in [6.07, 6.45) is 6.63. The van der Waals surface area contributed by atoms with Crippen molar-refractivity contribution in [3.63, 3.8) is 0 Å². The van der Waals surface area contributed by atoms with Gasteiger partial charge in [-0.3, -0.25) is 4.98 Å². The maximum atomic E-state index is 4.46. The first-order valence-electron chi connectivity index (χ1n) is 7.39. The van der Waals surface area contributed by atoms with Crippen LogP contribution in [0.4, 0.5) is 0 Å². The van der Waals surface area contributed by atoms with E-state index in [1.807, 2.05) is 24.8 Å². The van der Waals surface area contributed by atoms with E-state index < -0.39 is 0 Å². The predicted molar refractivity (Wildman–Crippen MR) is 85.1 cm³/mol. The Hall–Kier alpha value is -2.20. The van der Waals surface area contributed by atoms with E-state index in [-0.39, 0.29) is 0 Å². The van der Waals surface area contributed by atoms with Crippen molar-refractivity contribution in [2.45, 2.75) is 25.9 Å². The van der Waals surface area contributed by atoms with Crippen molar-refractivity contribution in [3.05, 3.63) is 60.7 Å². The molecule has 2 aromatic heterocycles. The Morgan fingerprint density at radius 2 is 1.95 bits per heavy atom. The summed E-state index contributed by atoms with van der Waals surface area (Å²) in [6.45, 7) is 4.02. The van der Waals surface area contributed by atoms with Gasteiger partial charge < -0.3 is 9.88 Å². The molecule has 0 aliphatic rings. The van der Waals surface area contributed by atoms with Gasteiger partial charge in [0.15, 0.2) is 0 Å². The van der Waals surface area contributed by atoms with E-state index in [9.17, 15) is 0 Å². The van der Waals surface area contributed by atoms with Crippen molar-refractivity contribution in [1.29, 1.82) is 0 Å². The van der Waals surface area contributed by atoms with Crippen LogP contribution in [0.15, 0.2) is 55.1 Å². The van der Waals surface area contributed by atoms with Gasteiger partial charge in [-0.2, -0.15) is 0 Å². The number of hydrogen-bond acceptors (Lipinski definition) is 3. The molecule has 2 heterocycles. The molecule has 0 amide bonds. The number of rotatable bonds is 6. The number of imidazole rings is 1. The van der Waals surface area contributed by atoms with Crippen LogP contribution in [-0.4, -0.2) is 27.1 Å². The third-order valence-electron chi connectivity index (χ3n) is 3.67. The Morgan fingerprint density at radius 3 is 2.76 bits per heavy atom. The van der Waals surface area contributed by atoms with Gasteiger partial charge in [-0.1, -0.05) is 19.1 Å². The van der Waals surface area contributed by atoms with Gasteiger partial charge in [-0.15, -0.1) is 0 Å². The van der Waals surface area contributed by atoms with Crippen molar-refractivity contribution in [1.82, 2.24) is 19.9 Å². The monoisotopic (exact) mass is 280 g/mol. The van der Waals surface area contributed by atoms with Gasteiger partial charge in [0, 0.05) is 25.0 Å². The van der Waals surface area contributed by atoms with Crippen LogP contribution in [0.1, 0.15) is 12.5 Å². The zero-order valence-electron chi connectivity index (χ0n) is 12.2. The molecule has 0 bridgehead atoms. The quantitative estimate of drug-likeness (QED) is 0.755. The summed E-state index contributed by atoms with van der Waals surface area (Å²) in [7, 11) is 0. The summed E-state index contributed by atoms with van der Waals surface area (Å²) in [5.41, 5.74) is 3.55. The molecule has 0 radical (unpaired) electrons. The number of aromatic nitrogens is 3. The van der Waals surface area contributed by atoms with Gasteiger partial charge in [0.2, 0.25) is 0 Å². The molecule has 4 nitrogen and oxygen atoms in total. The molecular formula is C17H20N4. The van der Waals surface area contributed by atoms with Crippen molar-refractivity contribution >= 4 is 11.0 Å². The van der Waals surface area contributed by atoms with E-state index in [1.165, 1.54) is 11.1 Å². The Kier molecular flexibility index (Phi) is 4.26. The highest BCUT2D eigenvalue weighted by Crippen LogP contribution is 2.13. The van der Waals surface area contributed by atoms with Crippen LogP contribution in [0.5, 0.6) is 0 Å². The average Bonchev–Trinajstić information content (AvgIpc) is 2.92. The first-order valence-corrected chi connectivity index (χ1v) is 7.39. The normalized spacial score (nSPS) is 12.6. The fourth-order valence-corrected chi connectivity index (χ4v) is 2.69. The number of nitrogens with one attached hydrogen (secondary N) is 1. The Morgan fingerprint density at radius 1 is 1.14 bits per heavy atom. The molecule has 3 rings (SSSR count). The highest BCUT2D eigenvalue weighted by Gasteiger charge is 2.11. The van der Waals surface area contributed by atoms with Gasteiger partial charge in [0.05, 0.1) is 17.4 Å². The maximum absolute atomic E-state index is 4.46. The summed E-state index contributed by atoms with van der Waals surface area (Å²) in [5, 5.41) is 3.57. The molecule has 21 heavy (non-hydrogen) atoms. The van der Waals surface area contributed by atoms with Crippen LogP contribution in [0, 0.1) is 0 Å². The fourth-order valence-electron chi connectivity index (χ4n) is 2.69.